The Morgan fingerprint density at radius 3 is 2.83 bits per heavy atom. The van der Waals surface area contributed by atoms with Crippen LogP contribution in [0, 0.1) is 18.8 Å². The average Bonchev–Trinajstić information content (AvgIpc) is 3.08. The zero-order valence-corrected chi connectivity index (χ0v) is 16.2. The van der Waals surface area contributed by atoms with Crippen molar-refractivity contribution in [3.63, 3.8) is 0 Å². The second-order valence-electron chi connectivity index (χ2n) is 5.41. The lowest BCUT2D eigenvalue weighted by molar-refractivity contribution is -0.145. The summed E-state index contributed by atoms with van der Waals surface area (Å²) in [6.07, 6.45) is 0. The van der Waals surface area contributed by atoms with E-state index < -0.39 is 0 Å². The highest BCUT2D eigenvalue weighted by Gasteiger charge is 2.36. The number of nitrogens with one attached hydrogen (secondary N) is 1. The standard InChI is InChI=1S/C14H23N5O3.HI/c1-5-15-14(16-6-12-17-10(3)22-18-12)19-7-9(2)11(8-19)13(20)21-4;/h9,11H,5-8H2,1-4H3,(H,15,16);1H. The van der Waals surface area contributed by atoms with E-state index in [0.29, 0.717) is 24.8 Å². The normalized spacial score (nSPS) is 21.0. The summed E-state index contributed by atoms with van der Waals surface area (Å²) >= 11 is 0. The van der Waals surface area contributed by atoms with Gasteiger partial charge in [-0.2, -0.15) is 4.98 Å². The topological polar surface area (TPSA) is 92.9 Å². The fourth-order valence-electron chi connectivity index (χ4n) is 2.57. The van der Waals surface area contributed by atoms with Crippen molar-refractivity contribution in [1.29, 1.82) is 0 Å². The smallest absolute Gasteiger partial charge is 0.310 e. The van der Waals surface area contributed by atoms with E-state index in [2.05, 4.69) is 25.3 Å². The number of esters is 1. The lowest BCUT2D eigenvalue weighted by Crippen LogP contribution is -2.40. The molecule has 0 spiro atoms. The number of carbonyl (C=O) groups excluding carboxylic acids is 1. The van der Waals surface area contributed by atoms with Crippen LogP contribution in [-0.4, -0.2) is 53.7 Å². The molecule has 1 saturated heterocycles. The second kappa shape index (κ2) is 9.04. The summed E-state index contributed by atoms with van der Waals surface area (Å²) in [5, 5.41) is 7.07. The van der Waals surface area contributed by atoms with Gasteiger partial charge in [-0.1, -0.05) is 12.1 Å². The molecule has 0 saturated carbocycles. The minimum absolute atomic E-state index is 0. The van der Waals surface area contributed by atoms with Crippen molar-refractivity contribution in [2.45, 2.75) is 27.3 Å². The Bertz CT molecular complexity index is 548. The van der Waals surface area contributed by atoms with Gasteiger partial charge in [0.25, 0.3) is 0 Å². The molecule has 1 N–H and O–H groups in total. The molecule has 0 radical (unpaired) electrons. The molecule has 2 unspecified atom stereocenters. The summed E-state index contributed by atoms with van der Waals surface area (Å²) in [6.45, 7) is 8.25. The van der Waals surface area contributed by atoms with E-state index >= 15 is 0 Å². The van der Waals surface area contributed by atoms with Crippen LogP contribution in [0.3, 0.4) is 0 Å². The number of guanidine groups is 1. The Labute approximate surface area is 153 Å². The van der Waals surface area contributed by atoms with E-state index in [1.165, 1.54) is 7.11 Å². The van der Waals surface area contributed by atoms with Gasteiger partial charge in [-0.15, -0.1) is 24.0 Å². The van der Waals surface area contributed by atoms with Crippen molar-refractivity contribution in [1.82, 2.24) is 20.4 Å². The van der Waals surface area contributed by atoms with E-state index in [-0.39, 0.29) is 41.8 Å². The summed E-state index contributed by atoms with van der Waals surface area (Å²) in [4.78, 5) is 22.5. The molecule has 2 heterocycles. The summed E-state index contributed by atoms with van der Waals surface area (Å²) in [5.41, 5.74) is 0. The molecule has 0 bridgehead atoms. The summed E-state index contributed by atoms with van der Waals surface area (Å²) in [7, 11) is 1.43. The summed E-state index contributed by atoms with van der Waals surface area (Å²) in [5.74, 6) is 1.76. The Balaban J connectivity index is 0.00000264. The molecular weight excluding hydrogens is 413 g/mol. The average molecular weight is 437 g/mol. The number of aliphatic imine (C=N–C) groups is 1. The monoisotopic (exact) mass is 437 g/mol. The molecule has 0 aliphatic carbocycles. The van der Waals surface area contributed by atoms with Crippen molar-refractivity contribution in [2.24, 2.45) is 16.8 Å². The maximum Gasteiger partial charge on any atom is 0.310 e. The first-order valence-electron chi connectivity index (χ1n) is 7.45. The zero-order valence-electron chi connectivity index (χ0n) is 13.9. The van der Waals surface area contributed by atoms with Crippen LogP contribution in [0.15, 0.2) is 9.52 Å². The molecule has 1 aromatic rings. The number of hydrogen-bond donors (Lipinski definition) is 1. The minimum atomic E-state index is -0.167. The maximum atomic E-state index is 11.8. The number of carbonyl (C=O) groups is 1. The molecule has 9 heteroatoms. The van der Waals surface area contributed by atoms with Gasteiger partial charge in [-0.25, -0.2) is 4.99 Å². The first-order chi connectivity index (χ1) is 10.5. The van der Waals surface area contributed by atoms with E-state index in [9.17, 15) is 4.79 Å². The molecule has 23 heavy (non-hydrogen) atoms. The lowest BCUT2D eigenvalue weighted by atomic mass is 9.99. The molecule has 0 amide bonds. The van der Waals surface area contributed by atoms with Gasteiger partial charge in [0.15, 0.2) is 11.8 Å². The predicted molar refractivity (Wildman–Crippen MR) is 95.5 cm³/mol. The highest BCUT2D eigenvalue weighted by molar-refractivity contribution is 14.0. The van der Waals surface area contributed by atoms with Crippen LogP contribution in [0.4, 0.5) is 0 Å². The highest BCUT2D eigenvalue weighted by atomic mass is 127. The SMILES string of the molecule is CCNC(=NCc1noc(C)n1)N1CC(C)C(C(=O)OC)C1.I. The van der Waals surface area contributed by atoms with Crippen LogP contribution in [0.2, 0.25) is 0 Å². The number of aromatic nitrogens is 2. The van der Waals surface area contributed by atoms with Gasteiger partial charge < -0.3 is 19.5 Å². The number of ether oxygens (including phenoxy) is 1. The molecule has 130 valence electrons. The van der Waals surface area contributed by atoms with Gasteiger partial charge >= 0.3 is 5.97 Å². The minimum Gasteiger partial charge on any atom is -0.469 e. The number of aryl methyl sites for hydroxylation is 1. The molecule has 2 rings (SSSR count). The Morgan fingerprint density at radius 2 is 2.26 bits per heavy atom. The second-order valence-corrected chi connectivity index (χ2v) is 5.41. The molecule has 1 fully saturated rings. The predicted octanol–water partition coefficient (Wildman–Crippen LogP) is 1.20. The Kier molecular flexibility index (Phi) is 7.73. The van der Waals surface area contributed by atoms with Crippen molar-refractivity contribution >= 4 is 35.9 Å². The fraction of sp³-hybridized carbons (Fsp3) is 0.714. The van der Waals surface area contributed by atoms with Crippen LogP contribution < -0.4 is 5.32 Å². The zero-order chi connectivity index (χ0) is 16.1. The molecule has 8 nitrogen and oxygen atoms in total. The highest BCUT2D eigenvalue weighted by Crippen LogP contribution is 2.24. The third-order valence-electron chi connectivity index (χ3n) is 3.69. The molecule has 0 aromatic carbocycles. The van der Waals surface area contributed by atoms with Gasteiger partial charge in [-0.3, -0.25) is 4.79 Å². The fourth-order valence-corrected chi connectivity index (χ4v) is 2.57. The van der Waals surface area contributed by atoms with Gasteiger partial charge in [0.1, 0.15) is 6.54 Å². The number of hydrogen-bond acceptors (Lipinski definition) is 6. The quantitative estimate of drug-likeness (QED) is 0.328. The summed E-state index contributed by atoms with van der Waals surface area (Å²) < 4.78 is 9.80. The largest absolute Gasteiger partial charge is 0.469 e. The first-order valence-corrected chi connectivity index (χ1v) is 7.45. The van der Waals surface area contributed by atoms with E-state index in [4.69, 9.17) is 9.26 Å². The van der Waals surface area contributed by atoms with Crippen LogP contribution in [0.5, 0.6) is 0 Å². The van der Waals surface area contributed by atoms with Crippen molar-refractivity contribution < 1.29 is 14.1 Å². The van der Waals surface area contributed by atoms with Gasteiger partial charge in [-0.05, 0) is 12.8 Å². The van der Waals surface area contributed by atoms with E-state index in [0.717, 1.165) is 19.0 Å². The number of rotatable bonds is 4. The van der Waals surface area contributed by atoms with Crippen LogP contribution in [0.1, 0.15) is 25.6 Å². The summed E-state index contributed by atoms with van der Waals surface area (Å²) in [6, 6.07) is 0. The van der Waals surface area contributed by atoms with E-state index in [1.54, 1.807) is 6.92 Å². The van der Waals surface area contributed by atoms with Crippen LogP contribution >= 0.6 is 24.0 Å². The number of nitrogens with zero attached hydrogens (tertiary/aromatic N) is 4. The third-order valence-corrected chi connectivity index (χ3v) is 3.69. The molecule has 1 aliphatic heterocycles. The van der Waals surface area contributed by atoms with Crippen molar-refractivity contribution in [3.05, 3.63) is 11.7 Å². The van der Waals surface area contributed by atoms with Crippen LogP contribution in [0.25, 0.3) is 0 Å². The Morgan fingerprint density at radius 1 is 1.52 bits per heavy atom. The first kappa shape index (κ1) is 19.7. The molecule has 1 aromatic heterocycles. The number of halogens is 1. The van der Waals surface area contributed by atoms with Crippen molar-refractivity contribution in [3.8, 4) is 0 Å². The van der Waals surface area contributed by atoms with Gasteiger partial charge in [0.2, 0.25) is 5.89 Å². The molecule has 1 aliphatic rings. The van der Waals surface area contributed by atoms with Gasteiger partial charge in [0, 0.05) is 26.6 Å². The van der Waals surface area contributed by atoms with Crippen LogP contribution in [-0.2, 0) is 16.1 Å². The molecular formula is C14H24IN5O3. The third kappa shape index (κ3) is 5.05. The lowest BCUT2D eigenvalue weighted by Gasteiger charge is -2.21. The van der Waals surface area contributed by atoms with E-state index in [1.807, 2.05) is 13.8 Å². The maximum absolute atomic E-state index is 11.8. The van der Waals surface area contributed by atoms with Crippen molar-refractivity contribution in [2.75, 3.05) is 26.7 Å². The molecule has 2 atom stereocenters. The Hall–Kier alpha value is -1.39. The number of methoxy groups -OCH3 is 1. The van der Waals surface area contributed by atoms with Gasteiger partial charge in [0.05, 0.1) is 13.0 Å². The number of likely N-dealkylation sites (tertiary alicyclic amines) is 1.